The lowest BCUT2D eigenvalue weighted by Crippen LogP contribution is -2.10. The minimum atomic E-state index is -0.155. The number of rotatable bonds is 0. The summed E-state index contributed by atoms with van der Waals surface area (Å²) in [4.78, 5) is 4.05. The van der Waals surface area contributed by atoms with E-state index >= 15 is 0 Å². The van der Waals surface area contributed by atoms with E-state index in [-0.39, 0.29) is 16.6 Å². The molecule has 0 amide bonds. The second kappa shape index (κ2) is 6.84. The topological polar surface area (TPSA) is 12.9 Å². The van der Waals surface area contributed by atoms with Crippen LogP contribution in [0.3, 0.4) is 0 Å². The van der Waals surface area contributed by atoms with Crippen molar-refractivity contribution in [3.8, 4) is 0 Å². The van der Waals surface area contributed by atoms with E-state index in [9.17, 15) is 4.39 Å². The lowest BCUT2D eigenvalue weighted by molar-refractivity contribution is 0.572. The summed E-state index contributed by atoms with van der Waals surface area (Å²) in [6.45, 7) is 12.8. The number of hydrogen-bond acceptors (Lipinski definition) is 1. The van der Waals surface area contributed by atoms with E-state index in [1.807, 2.05) is 18.3 Å². The Morgan fingerprint density at radius 2 is 1.38 bits per heavy atom. The first-order chi connectivity index (χ1) is 9.60. The molecule has 0 aliphatic rings. The average Bonchev–Trinajstić information content (AvgIpc) is 2.38. The summed E-state index contributed by atoms with van der Waals surface area (Å²) in [5, 5.41) is 0. The van der Waals surface area contributed by atoms with Gasteiger partial charge in [0.05, 0.1) is 0 Å². The van der Waals surface area contributed by atoms with Crippen molar-refractivity contribution in [3.63, 3.8) is 0 Å². The van der Waals surface area contributed by atoms with Crippen LogP contribution in [0.15, 0.2) is 48.8 Å². The van der Waals surface area contributed by atoms with Gasteiger partial charge < -0.3 is 0 Å². The van der Waals surface area contributed by atoms with Gasteiger partial charge in [-0.1, -0.05) is 59.7 Å². The second-order valence-electron chi connectivity index (χ2n) is 7.25. The Morgan fingerprint density at radius 3 is 1.71 bits per heavy atom. The van der Waals surface area contributed by atoms with Crippen molar-refractivity contribution in [1.29, 1.82) is 0 Å². The fourth-order valence-electron chi connectivity index (χ4n) is 1.76. The molecule has 0 radical (unpaired) electrons. The highest BCUT2D eigenvalue weighted by Crippen LogP contribution is 2.22. The molecule has 1 aromatic heterocycles. The van der Waals surface area contributed by atoms with Crippen molar-refractivity contribution in [2.45, 2.75) is 52.4 Å². The molecule has 114 valence electrons. The van der Waals surface area contributed by atoms with Gasteiger partial charge >= 0.3 is 0 Å². The van der Waals surface area contributed by atoms with Crippen LogP contribution < -0.4 is 0 Å². The molecule has 21 heavy (non-hydrogen) atoms. The van der Waals surface area contributed by atoms with E-state index in [2.05, 4.69) is 52.6 Å². The molecular formula is C19H26FN. The quantitative estimate of drug-likeness (QED) is 0.623. The molecule has 1 nitrogen and oxygen atoms in total. The van der Waals surface area contributed by atoms with Gasteiger partial charge in [-0.3, -0.25) is 4.98 Å². The molecule has 0 saturated heterocycles. The number of pyridine rings is 1. The first-order valence-corrected chi connectivity index (χ1v) is 7.27. The van der Waals surface area contributed by atoms with Gasteiger partial charge in [-0.05, 0) is 40.2 Å². The van der Waals surface area contributed by atoms with Gasteiger partial charge in [-0.25, -0.2) is 4.39 Å². The number of hydrogen-bond donors (Lipinski definition) is 0. The standard InChI is InChI=1S/C10H13F.C9H13N/c1-10(2,3)8-5-4-6-9(11)7-8;1-9(2,3)8-5-4-6-10-7-8/h4-7H,1-3H3;4-7H,1-3H3. The lowest BCUT2D eigenvalue weighted by Gasteiger charge is -2.18. The SMILES string of the molecule is CC(C)(C)c1cccc(F)c1.CC(C)(C)c1cccnc1. The van der Waals surface area contributed by atoms with E-state index < -0.39 is 0 Å². The van der Waals surface area contributed by atoms with E-state index in [4.69, 9.17) is 0 Å². The van der Waals surface area contributed by atoms with Crippen LogP contribution in [-0.4, -0.2) is 4.98 Å². The maximum atomic E-state index is 12.7. The second-order valence-corrected chi connectivity index (χ2v) is 7.25. The number of nitrogens with zero attached hydrogens (tertiary/aromatic N) is 1. The maximum absolute atomic E-state index is 12.7. The molecule has 0 atom stereocenters. The average molecular weight is 287 g/mol. The van der Waals surface area contributed by atoms with Gasteiger partial charge in [0.2, 0.25) is 0 Å². The molecule has 2 rings (SSSR count). The predicted molar refractivity (Wildman–Crippen MR) is 88.0 cm³/mol. The molecule has 0 N–H and O–H groups in total. The predicted octanol–water partition coefficient (Wildman–Crippen LogP) is 5.50. The Morgan fingerprint density at radius 1 is 0.810 bits per heavy atom. The molecular weight excluding hydrogens is 261 g/mol. The molecule has 2 heteroatoms. The molecule has 0 saturated carbocycles. The third-order valence-corrected chi connectivity index (χ3v) is 3.22. The fraction of sp³-hybridized carbons (Fsp3) is 0.421. The van der Waals surface area contributed by atoms with Crippen LogP contribution in [0.5, 0.6) is 0 Å². The summed E-state index contributed by atoms with van der Waals surface area (Å²) in [5.74, 6) is -0.155. The van der Waals surface area contributed by atoms with Crippen LogP contribution >= 0.6 is 0 Å². The molecule has 1 heterocycles. The van der Waals surface area contributed by atoms with Gasteiger partial charge in [-0.2, -0.15) is 0 Å². The molecule has 0 aliphatic carbocycles. The smallest absolute Gasteiger partial charge is 0.123 e. The van der Waals surface area contributed by atoms with Crippen LogP contribution in [0.2, 0.25) is 0 Å². The van der Waals surface area contributed by atoms with E-state index in [1.54, 1.807) is 18.3 Å². The normalized spacial score (nSPS) is 11.6. The van der Waals surface area contributed by atoms with Crippen molar-refractivity contribution < 1.29 is 4.39 Å². The Hall–Kier alpha value is -1.70. The summed E-state index contributed by atoms with van der Waals surface area (Å²) < 4.78 is 12.7. The zero-order valence-corrected chi connectivity index (χ0v) is 13.9. The van der Waals surface area contributed by atoms with Gasteiger partial charge in [-0.15, -0.1) is 0 Å². The highest BCUT2D eigenvalue weighted by atomic mass is 19.1. The fourth-order valence-corrected chi connectivity index (χ4v) is 1.76. The summed E-state index contributed by atoms with van der Waals surface area (Å²) in [6, 6.07) is 10.8. The first-order valence-electron chi connectivity index (χ1n) is 7.27. The highest BCUT2D eigenvalue weighted by Gasteiger charge is 2.13. The lowest BCUT2D eigenvalue weighted by atomic mass is 9.87. The Balaban J connectivity index is 0.000000211. The Kier molecular flexibility index (Phi) is 5.65. The summed E-state index contributed by atoms with van der Waals surface area (Å²) in [7, 11) is 0. The summed E-state index contributed by atoms with van der Waals surface area (Å²) >= 11 is 0. The Bertz CT molecular complexity index is 548. The Labute approximate surface area is 128 Å². The van der Waals surface area contributed by atoms with Crippen molar-refractivity contribution in [3.05, 3.63) is 65.7 Å². The van der Waals surface area contributed by atoms with Crippen molar-refractivity contribution in [2.24, 2.45) is 0 Å². The van der Waals surface area contributed by atoms with E-state index in [0.29, 0.717) is 0 Å². The van der Waals surface area contributed by atoms with Crippen LogP contribution in [-0.2, 0) is 10.8 Å². The maximum Gasteiger partial charge on any atom is 0.123 e. The highest BCUT2D eigenvalue weighted by molar-refractivity contribution is 5.23. The summed E-state index contributed by atoms with van der Waals surface area (Å²) in [6.07, 6.45) is 3.72. The van der Waals surface area contributed by atoms with Crippen molar-refractivity contribution in [1.82, 2.24) is 4.98 Å². The molecule has 0 bridgehead atoms. The molecule has 0 fully saturated rings. The van der Waals surface area contributed by atoms with Gasteiger partial charge in [0, 0.05) is 12.4 Å². The monoisotopic (exact) mass is 287 g/mol. The van der Waals surface area contributed by atoms with Crippen molar-refractivity contribution >= 4 is 0 Å². The minimum absolute atomic E-state index is 0.0437. The van der Waals surface area contributed by atoms with Crippen LogP contribution in [0.4, 0.5) is 4.39 Å². The molecule has 0 spiro atoms. The minimum Gasteiger partial charge on any atom is -0.264 e. The van der Waals surface area contributed by atoms with Gasteiger partial charge in [0.15, 0.2) is 0 Å². The number of benzene rings is 1. The third kappa shape index (κ3) is 6.07. The van der Waals surface area contributed by atoms with E-state index in [0.717, 1.165) is 5.56 Å². The summed E-state index contributed by atoms with van der Waals surface area (Å²) in [5.41, 5.74) is 2.60. The van der Waals surface area contributed by atoms with Gasteiger partial charge in [0.25, 0.3) is 0 Å². The molecule has 0 aliphatic heterocycles. The van der Waals surface area contributed by atoms with Crippen molar-refractivity contribution in [2.75, 3.05) is 0 Å². The molecule has 1 aromatic carbocycles. The molecule has 2 aromatic rings. The largest absolute Gasteiger partial charge is 0.264 e. The van der Waals surface area contributed by atoms with Crippen LogP contribution in [0, 0.1) is 5.82 Å². The number of aromatic nitrogens is 1. The number of halogens is 1. The third-order valence-electron chi connectivity index (χ3n) is 3.22. The zero-order valence-electron chi connectivity index (χ0n) is 13.9. The molecule has 0 unspecified atom stereocenters. The first kappa shape index (κ1) is 17.4. The zero-order chi connectivity index (χ0) is 16.1. The van der Waals surface area contributed by atoms with E-state index in [1.165, 1.54) is 11.6 Å². The van der Waals surface area contributed by atoms with Crippen LogP contribution in [0.25, 0.3) is 0 Å². The van der Waals surface area contributed by atoms with Crippen LogP contribution in [0.1, 0.15) is 52.7 Å². The van der Waals surface area contributed by atoms with Gasteiger partial charge in [0.1, 0.15) is 5.82 Å².